The zero-order valence-electron chi connectivity index (χ0n) is 10.7. The number of nitrogens with one attached hydrogen (secondary N) is 1. The molecule has 0 aliphatic carbocycles. The zero-order valence-corrected chi connectivity index (χ0v) is 12.3. The van der Waals surface area contributed by atoms with Gasteiger partial charge in [0.2, 0.25) is 0 Å². The van der Waals surface area contributed by atoms with Gasteiger partial charge in [0.15, 0.2) is 6.10 Å². The standard InChI is InChI=1S/C14H13ClN2O2S/c1-10(19-12-6-4-11(15)5-7-12)14(18)17-16-9-13-3-2-8-20-13/h2-10H,1H3,(H,17,18). The van der Waals surface area contributed by atoms with Crippen LogP contribution in [0.5, 0.6) is 5.75 Å². The smallest absolute Gasteiger partial charge is 0.280 e. The highest BCUT2D eigenvalue weighted by Gasteiger charge is 2.13. The van der Waals surface area contributed by atoms with E-state index in [1.807, 2.05) is 17.5 Å². The van der Waals surface area contributed by atoms with E-state index in [1.54, 1.807) is 48.7 Å². The molecular weight excluding hydrogens is 296 g/mol. The number of carbonyl (C=O) groups excluding carboxylic acids is 1. The summed E-state index contributed by atoms with van der Waals surface area (Å²) in [6.07, 6.45) is 0.953. The van der Waals surface area contributed by atoms with Crippen LogP contribution in [0.1, 0.15) is 11.8 Å². The quantitative estimate of drug-likeness (QED) is 0.680. The Balaban J connectivity index is 1.84. The van der Waals surface area contributed by atoms with Gasteiger partial charge in [-0.3, -0.25) is 4.79 Å². The molecule has 1 atom stereocenters. The summed E-state index contributed by atoms with van der Waals surface area (Å²) < 4.78 is 5.48. The van der Waals surface area contributed by atoms with Crippen LogP contribution < -0.4 is 10.2 Å². The number of rotatable bonds is 5. The molecule has 0 saturated heterocycles. The first kappa shape index (κ1) is 14.6. The summed E-state index contributed by atoms with van der Waals surface area (Å²) >= 11 is 7.32. The van der Waals surface area contributed by atoms with E-state index in [4.69, 9.17) is 16.3 Å². The fraction of sp³-hybridized carbons (Fsp3) is 0.143. The highest BCUT2D eigenvalue weighted by molar-refractivity contribution is 7.11. The SMILES string of the molecule is CC(Oc1ccc(Cl)cc1)C(=O)NN=Cc1cccs1. The van der Waals surface area contributed by atoms with Crippen LogP contribution in [0.4, 0.5) is 0 Å². The molecule has 0 fully saturated rings. The minimum absolute atomic E-state index is 0.312. The van der Waals surface area contributed by atoms with Crippen LogP contribution in [0.2, 0.25) is 5.02 Å². The molecule has 1 aromatic carbocycles. The van der Waals surface area contributed by atoms with E-state index in [-0.39, 0.29) is 5.91 Å². The van der Waals surface area contributed by atoms with Crippen LogP contribution >= 0.6 is 22.9 Å². The van der Waals surface area contributed by atoms with E-state index in [1.165, 1.54) is 0 Å². The molecule has 20 heavy (non-hydrogen) atoms. The van der Waals surface area contributed by atoms with Crippen molar-refractivity contribution in [3.05, 3.63) is 51.7 Å². The van der Waals surface area contributed by atoms with Crippen LogP contribution in [0.25, 0.3) is 0 Å². The van der Waals surface area contributed by atoms with Gasteiger partial charge in [-0.05, 0) is 42.6 Å². The Morgan fingerprint density at radius 3 is 2.80 bits per heavy atom. The molecular formula is C14H13ClN2O2S. The lowest BCUT2D eigenvalue weighted by Gasteiger charge is -2.12. The number of benzene rings is 1. The molecule has 0 spiro atoms. The van der Waals surface area contributed by atoms with Crippen molar-refractivity contribution < 1.29 is 9.53 Å². The summed E-state index contributed by atoms with van der Waals surface area (Å²) in [4.78, 5) is 12.7. The van der Waals surface area contributed by atoms with Gasteiger partial charge in [-0.1, -0.05) is 17.7 Å². The molecule has 1 heterocycles. The van der Waals surface area contributed by atoms with Gasteiger partial charge >= 0.3 is 0 Å². The molecule has 2 aromatic rings. The zero-order chi connectivity index (χ0) is 14.4. The lowest BCUT2D eigenvalue weighted by Crippen LogP contribution is -2.33. The van der Waals surface area contributed by atoms with E-state index >= 15 is 0 Å². The number of ether oxygens (including phenoxy) is 1. The molecule has 1 unspecified atom stereocenters. The monoisotopic (exact) mass is 308 g/mol. The molecule has 4 nitrogen and oxygen atoms in total. The lowest BCUT2D eigenvalue weighted by molar-refractivity contribution is -0.127. The number of nitrogens with zero attached hydrogens (tertiary/aromatic N) is 1. The van der Waals surface area contributed by atoms with Crippen molar-refractivity contribution in [3.63, 3.8) is 0 Å². The van der Waals surface area contributed by atoms with Crippen LogP contribution in [0, 0.1) is 0 Å². The summed E-state index contributed by atoms with van der Waals surface area (Å²) in [6.45, 7) is 1.66. The Morgan fingerprint density at radius 2 is 2.15 bits per heavy atom. The predicted octanol–water partition coefficient (Wildman–Crippen LogP) is 3.32. The molecule has 0 radical (unpaired) electrons. The Morgan fingerprint density at radius 1 is 1.40 bits per heavy atom. The van der Waals surface area contributed by atoms with Crippen molar-refractivity contribution in [1.29, 1.82) is 0 Å². The Bertz CT molecular complexity index is 582. The average molecular weight is 309 g/mol. The molecule has 1 aromatic heterocycles. The van der Waals surface area contributed by atoms with Crippen molar-refractivity contribution in [3.8, 4) is 5.75 Å². The minimum atomic E-state index is -0.642. The van der Waals surface area contributed by atoms with Crippen molar-refractivity contribution >= 4 is 35.1 Å². The molecule has 0 aliphatic heterocycles. The van der Waals surface area contributed by atoms with Gasteiger partial charge in [0.1, 0.15) is 5.75 Å². The van der Waals surface area contributed by atoms with Gasteiger partial charge in [-0.15, -0.1) is 11.3 Å². The van der Waals surface area contributed by atoms with Gasteiger partial charge in [-0.25, -0.2) is 5.43 Å². The summed E-state index contributed by atoms with van der Waals surface area (Å²) in [5, 5.41) is 6.44. The molecule has 0 aliphatic rings. The summed E-state index contributed by atoms with van der Waals surface area (Å²) in [6, 6.07) is 10.7. The number of thiophene rings is 1. The normalized spacial score (nSPS) is 12.3. The van der Waals surface area contributed by atoms with E-state index in [0.717, 1.165) is 4.88 Å². The van der Waals surface area contributed by atoms with Gasteiger partial charge in [0.25, 0.3) is 5.91 Å². The van der Waals surface area contributed by atoms with Crippen molar-refractivity contribution in [2.45, 2.75) is 13.0 Å². The van der Waals surface area contributed by atoms with E-state index in [0.29, 0.717) is 10.8 Å². The molecule has 104 valence electrons. The van der Waals surface area contributed by atoms with Crippen molar-refractivity contribution in [2.75, 3.05) is 0 Å². The maximum absolute atomic E-state index is 11.8. The maximum atomic E-state index is 11.8. The first-order valence-electron chi connectivity index (χ1n) is 5.94. The maximum Gasteiger partial charge on any atom is 0.280 e. The number of hydrazone groups is 1. The van der Waals surface area contributed by atoms with Gasteiger partial charge < -0.3 is 4.74 Å². The molecule has 1 amide bonds. The molecule has 0 bridgehead atoms. The second-order valence-corrected chi connectivity index (χ2v) is 5.38. The van der Waals surface area contributed by atoms with Crippen LogP contribution in [-0.4, -0.2) is 18.2 Å². The largest absolute Gasteiger partial charge is 0.481 e. The predicted molar refractivity (Wildman–Crippen MR) is 81.6 cm³/mol. The van der Waals surface area contributed by atoms with Crippen LogP contribution in [0.15, 0.2) is 46.9 Å². The fourth-order valence-electron chi connectivity index (χ4n) is 1.39. The molecule has 1 N–H and O–H groups in total. The first-order valence-corrected chi connectivity index (χ1v) is 7.19. The van der Waals surface area contributed by atoms with E-state index < -0.39 is 6.10 Å². The average Bonchev–Trinajstić information content (AvgIpc) is 2.94. The number of carbonyl (C=O) groups is 1. The van der Waals surface area contributed by atoms with Crippen LogP contribution in [0.3, 0.4) is 0 Å². The van der Waals surface area contributed by atoms with E-state index in [2.05, 4.69) is 10.5 Å². The third-order valence-corrected chi connectivity index (χ3v) is 3.46. The van der Waals surface area contributed by atoms with E-state index in [9.17, 15) is 4.79 Å². The van der Waals surface area contributed by atoms with Crippen molar-refractivity contribution in [1.82, 2.24) is 5.43 Å². The van der Waals surface area contributed by atoms with Gasteiger partial charge in [0, 0.05) is 9.90 Å². The summed E-state index contributed by atoms with van der Waals surface area (Å²) in [7, 11) is 0. The number of hydrogen-bond donors (Lipinski definition) is 1. The number of halogens is 1. The lowest BCUT2D eigenvalue weighted by atomic mass is 10.3. The summed E-state index contributed by atoms with van der Waals surface area (Å²) in [5.74, 6) is 0.270. The summed E-state index contributed by atoms with van der Waals surface area (Å²) in [5.41, 5.74) is 2.44. The third-order valence-electron chi connectivity index (χ3n) is 2.41. The van der Waals surface area contributed by atoms with Crippen LogP contribution in [-0.2, 0) is 4.79 Å². The molecule has 0 saturated carbocycles. The van der Waals surface area contributed by atoms with Gasteiger partial charge in [-0.2, -0.15) is 5.10 Å². The Labute approximate surface area is 126 Å². The first-order chi connectivity index (χ1) is 9.65. The second kappa shape index (κ2) is 7.07. The fourth-order valence-corrected chi connectivity index (χ4v) is 2.10. The Hall–Kier alpha value is -1.85. The Kier molecular flexibility index (Phi) is 5.15. The molecule has 2 rings (SSSR count). The second-order valence-electron chi connectivity index (χ2n) is 3.96. The molecule has 6 heteroatoms. The highest BCUT2D eigenvalue weighted by Crippen LogP contribution is 2.16. The van der Waals surface area contributed by atoms with Crippen molar-refractivity contribution in [2.24, 2.45) is 5.10 Å². The third kappa shape index (κ3) is 4.36. The highest BCUT2D eigenvalue weighted by atomic mass is 35.5. The number of amides is 1. The number of hydrogen-bond acceptors (Lipinski definition) is 4. The van der Waals surface area contributed by atoms with Gasteiger partial charge in [0.05, 0.1) is 6.21 Å². The topological polar surface area (TPSA) is 50.7 Å². The minimum Gasteiger partial charge on any atom is -0.481 e.